The standard InChI is InChI=1S/C24H19F2N3O4S/c1-32-16-10-15(11-17(12-16)33-2)27-22(30)13-34-24-28-20-6-4-3-5-18(20)23(31)29(24)21-8-7-14(25)9-19(21)26/h3-12H,13H2,1-2H3,(H,27,30). The molecule has 0 atom stereocenters. The molecule has 3 aromatic carbocycles. The largest absolute Gasteiger partial charge is 0.497 e. The van der Waals surface area contributed by atoms with Crippen molar-refractivity contribution in [1.29, 1.82) is 0 Å². The van der Waals surface area contributed by atoms with Gasteiger partial charge in [-0.15, -0.1) is 0 Å². The Balaban J connectivity index is 1.66. The van der Waals surface area contributed by atoms with Crippen molar-refractivity contribution in [2.24, 2.45) is 0 Å². The average Bonchev–Trinajstić information content (AvgIpc) is 2.83. The van der Waals surface area contributed by atoms with Crippen LogP contribution in [0.4, 0.5) is 14.5 Å². The Hall–Kier alpha value is -3.92. The van der Waals surface area contributed by atoms with Crippen LogP contribution in [0.2, 0.25) is 0 Å². The molecule has 0 fully saturated rings. The SMILES string of the molecule is COc1cc(NC(=O)CSc2nc3ccccc3c(=O)n2-c2ccc(F)cc2F)cc(OC)c1. The Kier molecular flexibility index (Phi) is 6.78. The zero-order valence-corrected chi connectivity index (χ0v) is 19.0. The molecule has 0 radical (unpaired) electrons. The van der Waals surface area contributed by atoms with Gasteiger partial charge in [0.15, 0.2) is 5.16 Å². The second-order valence-corrected chi connectivity index (χ2v) is 8.03. The van der Waals surface area contributed by atoms with Gasteiger partial charge in [-0.25, -0.2) is 13.8 Å². The van der Waals surface area contributed by atoms with E-state index in [1.807, 2.05) is 0 Å². The van der Waals surface area contributed by atoms with Crippen LogP contribution in [0.3, 0.4) is 0 Å². The quantitative estimate of drug-likeness (QED) is 0.310. The van der Waals surface area contributed by atoms with Gasteiger partial charge in [0.1, 0.15) is 23.1 Å². The van der Waals surface area contributed by atoms with E-state index >= 15 is 0 Å². The van der Waals surface area contributed by atoms with E-state index in [1.165, 1.54) is 14.2 Å². The monoisotopic (exact) mass is 483 g/mol. The van der Waals surface area contributed by atoms with E-state index < -0.39 is 23.1 Å². The topological polar surface area (TPSA) is 82.5 Å². The van der Waals surface area contributed by atoms with Gasteiger partial charge in [-0.2, -0.15) is 0 Å². The van der Waals surface area contributed by atoms with Crippen molar-refractivity contribution in [2.45, 2.75) is 5.16 Å². The van der Waals surface area contributed by atoms with E-state index in [0.717, 1.165) is 28.5 Å². The number of fused-ring (bicyclic) bond motifs is 1. The molecule has 174 valence electrons. The zero-order valence-electron chi connectivity index (χ0n) is 18.2. The molecule has 4 aromatic rings. The first-order chi connectivity index (χ1) is 16.4. The molecule has 0 unspecified atom stereocenters. The number of para-hydroxylation sites is 1. The van der Waals surface area contributed by atoms with Gasteiger partial charge >= 0.3 is 0 Å². The summed E-state index contributed by atoms with van der Waals surface area (Å²) in [4.78, 5) is 30.3. The van der Waals surface area contributed by atoms with Crippen molar-refractivity contribution >= 4 is 34.3 Å². The number of benzene rings is 3. The molecular weight excluding hydrogens is 464 g/mol. The number of carbonyl (C=O) groups is 1. The first-order valence-corrected chi connectivity index (χ1v) is 11.0. The van der Waals surface area contributed by atoms with Crippen LogP contribution in [0, 0.1) is 11.6 Å². The number of amides is 1. The minimum atomic E-state index is -0.922. The minimum absolute atomic E-state index is 0.0904. The van der Waals surface area contributed by atoms with Gasteiger partial charge in [-0.05, 0) is 24.3 Å². The van der Waals surface area contributed by atoms with E-state index in [-0.39, 0.29) is 22.0 Å². The van der Waals surface area contributed by atoms with Crippen LogP contribution in [-0.4, -0.2) is 35.4 Å². The summed E-state index contributed by atoms with van der Waals surface area (Å²) in [6, 6.07) is 14.4. The molecule has 0 aliphatic heterocycles. The van der Waals surface area contributed by atoms with Crippen LogP contribution in [-0.2, 0) is 4.79 Å². The minimum Gasteiger partial charge on any atom is -0.497 e. The van der Waals surface area contributed by atoms with E-state index in [1.54, 1.807) is 42.5 Å². The first kappa shape index (κ1) is 23.2. The van der Waals surface area contributed by atoms with Crippen molar-refractivity contribution in [3.63, 3.8) is 0 Å². The van der Waals surface area contributed by atoms with Crippen LogP contribution < -0.4 is 20.3 Å². The van der Waals surface area contributed by atoms with Crippen molar-refractivity contribution in [2.75, 3.05) is 25.3 Å². The summed E-state index contributed by atoms with van der Waals surface area (Å²) in [7, 11) is 2.99. The highest BCUT2D eigenvalue weighted by Gasteiger charge is 2.18. The molecule has 10 heteroatoms. The number of rotatable bonds is 7. The summed E-state index contributed by atoms with van der Waals surface area (Å²) >= 11 is 0.948. The third-order valence-electron chi connectivity index (χ3n) is 4.86. The number of carbonyl (C=O) groups excluding carboxylic acids is 1. The number of hydrogen-bond acceptors (Lipinski definition) is 6. The maximum atomic E-state index is 14.6. The van der Waals surface area contributed by atoms with E-state index in [4.69, 9.17) is 9.47 Å². The fourth-order valence-corrected chi connectivity index (χ4v) is 4.10. The number of methoxy groups -OCH3 is 2. The number of aromatic nitrogens is 2. The van der Waals surface area contributed by atoms with Gasteiger partial charge < -0.3 is 14.8 Å². The highest BCUT2D eigenvalue weighted by molar-refractivity contribution is 7.99. The highest BCUT2D eigenvalue weighted by Crippen LogP contribution is 2.27. The van der Waals surface area contributed by atoms with Gasteiger partial charge in [0, 0.05) is 30.0 Å². The second-order valence-electron chi connectivity index (χ2n) is 7.09. The van der Waals surface area contributed by atoms with Crippen molar-refractivity contribution in [3.05, 3.63) is 82.7 Å². The van der Waals surface area contributed by atoms with Crippen LogP contribution in [0.5, 0.6) is 11.5 Å². The normalized spacial score (nSPS) is 10.8. The molecule has 1 N–H and O–H groups in total. The van der Waals surface area contributed by atoms with Gasteiger partial charge in [-0.3, -0.25) is 14.2 Å². The van der Waals surface area contributed by atoms with Gasteiger partial charge in [-0.1, -0.05) is 23.9 Å². The summed E-state index contributed by atoms with van der Waals surface area (Å²) < 4.78 is 39.5. The number of nitrogens with zero attached hydrogens (tertiary/aromatic N) is 2. The number of ether oxygens (including phenoxy) is 2. The first-order valence-electron chi connectivity index (χ1n) is 10.0. The molecule has 1 heterocycles. The Bertz CT molecular complexity index is 1420. The Morgan fingerprint density at radius 1 is 1.03 bits per heavy atom. The summed E-state index contributed by atoms with van der Waals surface area (Å²) in [6.45, 7) is 0. The van der Waals surface area contributed by atoms with E-state index in [0.29, 0.717) is 28.8 Å². The lowest BCUT2D eigenvalue weighted by Crippen LogP contribution is -2.23. The van der Waals surface area contributed by atoms with E-state index in [9.17, 15) is 18.4 Å². The van der Waals surface area contributed by atoms with Gasteiger partial charge in [0.25, 0.3) is 5.56 Å². The molecule has 0 spiro atoms. The molecule has 0 saturated heterocycles. The summed E-state index contributed by atoms with van der Waals surface area (Å²) in [5, 5.41) is 3.09. The lowest BCUT2D eigenvalue weighted by molar-refractivity contribution is -0.113. The van der Waals surface area contributed by atoms with Gasteiger partial charge in [0.2, 0.25) is 5.91 Å². The number of halogens is 2. The Morgan fingerprint density at radius 3 is 2.41 bits per heavy atom. The van der Waals surface area contributed by atoms with Crippen LogP contribution in [0.25, 0.3) is 16.6 Å². The number of anilines is 1. The summed E-state index contributed by atoms with van der Waals surface area (Å²) in [6.07, 6.45) is 0. The van der Waals surface area contributed by atoms with Crippen molar-refractivity contribution in [3.8, 4) is 17.2 Å². The van der Waals surface area contributed by atoms with E-state index in [2.05, 4.69) is 10.3 Å². The maximum absolute atomic E-state index is 14.6. The van der Waals surface area contributed by atoms with Crippen LogP contribution in [0.15, 0.2) is 70.6 Å². The molecule has 0 bridgehead atoms. The third-order valence-corrected chi connectivity index (χ3v) is 5.80. The molecule has 7 nitrogen and oxygen atoms in total. The van der Waals surface area contributed by atoms with Crippen LogP contribution in [0.1, 0.15) is 0 Å². The Morgan fingerprint density at radius 2 is 1.74 bits per heavy atom. The van der Waals surface area contributed by atoms with Crippen LogP contribution >= 0.6 is 11.8 Å². The smallest absolute Gasteiger partial charge is 0.266 e. The molecule has 0 aliphatic rings. The van der Waals surface area contributed by atoms with Crippen molar-refractivity contribution < 1.29 is 23.0 Å². The zero-order chi connectivity index (χ0) is 24.2. The third kappa shape index (κ3) is 4.86. The molecule has 0 saturated carbocycles. The lowest BCUT2D eigenvalue weighted by Gasteiger charge is -2.14. The summed E-state index contributed by atoms with van der Waals surface area (Å²) in [5.41, 5.74) is 0.156. The lowest BCUT2D eigenvalue weighted by atomic mass is 10.2. The second kappa shape index (κ2) is 9.92. The molecule has 1 aromatic heterocycles. The average molecular weight is 483 g/mol. The summed E-state index contributed by atoms with van der Waals surface area (Å²) in [5.74, 6) is -1.22. The molecular formula is C24H19F2N3O4S. The van der Waals surface area contributed by atoms with Crippen molar-refractivity contribution in [1.82, 2.24) is 9.55 Å². The number of nitrogens with one attached hydrogen (secondary N) is 1. The van der Waals surface area contributed by atoms with Gasteiger partial charge in [0.05, 0.1) is 36.6 Å². The predicted molar refractivity (Wildman–Crippen MR) is 126 cm³/mol. The molecule has 34 heavy (non-hydrogen) atoms. The Labute approximate surface area is 197 Å². The maximum Gasteiger partial charge on any atom is 0.266 e. The number of hydrogen-bond donors (Lipinski definition) is 1. The fraction of sp³-hybridized carbons (Fsp3) is 0.125. The number of thioether (sulfide) groups is 1. The molecule has 4 rings (SSSR count). The predicted octanol–water partition coefficient (Wildman–Crippen LogP) is 4.41. The molecule has 1 amide bonds. The fourth-order valence-electron chi connectivity index (χ4n) is 3.29. The molecule has 0 aliphatic carbocycles. The highest BCUT2D eigenvalue weighted by atomic mass is 32.2.